The Kier molecular flexibility index (Phi) is 3.78. The average molecular weight is 211 g/mol. The van der Waals surface area contributed by atoms with E-state index in [-0.39, 0.29) is 17.5 Å². The Balaban J connectivity index is 2.80. The summed E-state index contributed by atoms with van der Waals surface area (Å²) in [4.78, 5) is 0.564. The Morgan fingerprint density at radius 2 is 2.07 bits per heavy atom. The Morgan fingerprint density at radius 3 is 2.57 bits per heavy atom. The molecule has 2 nitrogen and oxygen atoms in total. The van der Waals surface area contributed by atoms with Gasteiger partial charge in [0, 0.05) is 16.6 Å². The Hall–Kier alpha value is -1.21. The van der Waals surface area contributed by atoms with Crippen molar-refractivity contribution >= 4 is 10.8 Å². The van der Waals surface area contributed by atoms with Gasteiger partial charge in [0.15, 0.2) is 0 Å². The third kappa shape index (κ3) is 2.64. The molecule has 0 heterocycles. The van der Waals surface area contributed by atoms with Gasteiger partial charge in [-0.2, -0.15) is 5.26 Å². The van der Waals surface area contributed by atoms with Crippen LogP contribution in [0.3, 0.4) is 0 Å². The lowest BCUT2D eigenvalue weighted by molar-refractivity contribution is 0.626. The van der Waals surface area contributed by atoms with E-state index in [2.05, 4.69) is 0 Å². The van der Waals surface area contributed by atoms with E-state index in [1.54, 1.807) is 6.92 Å². The van der Waals surface area contributed by atoms with Gasteiger partial charge in [-0.05, 0) is 31.2 Å². The Bertz CT molecular complexity index is 369. The van der Waals surface area contributed by atoms with Crippen molar-refractivity contribution in [1.29, 1.82) is 5.26 Å². The molecule has 0 spiro atoms. The molecule has 0 amide bonds. The van der Waals surface area contributed by atoms with Crippen molar-refractivity contribution in [3.05, 3.63) is 30.1 Å². The Labute approximate surface area is 84.8 Å². The van der Waals surface area contributed by atoms with Crippen molar-refractivity contribution in [3.8, 4) is 6.07 Å². The summed E-state index contributed by atoms with van der Waals surface area (Å²) in [7, 11) is -1.23. The van der Waals surface area contributed by atoms with E-state index in [9.17, 15) is 8.60 Å². The van der Waals surface area contributed by atoms with E-state index in [1.807, 2.05) is 6.07 Å². The molecule has 0 saturated carbocycles. The third-order valence-corrected chi connectivity index (χ3v) is 3.42. The van der Waals surface area contributed by atoms with E-state index in [1.165, 1.54) is 24.3 Å². The lowest BCUT2D eigenvalue weighted by atomic mass is 10.3. The minimum Gasteiger partial charge on any atom is -0.254 e. The summed E-state index contributed by atoms with van der Waals surface area (Å²) < 4.78 is 24.2. The maximum absolute atomic E-state index is 12.5. The summed E-state index contributed by atoms with van der Waals surface area (Å²) in [6, 6.07) is 7.47. The zero-order valence-electron chi connectivity index (χ0n) is 7.74. The van der Waals surface area contributed by atoms with Crippen LogP contribution < -0.4 is 0 Å². The van der Waals surface area contributed by atoms with Crippen LogP contribution in [-0.4, -0.2) is 9.46 Å². The van der Waals surface area contributed by atoms with Crippen LogP contribution in [0.2, 0.25) is 0 Å². The van der Waals surface area contributed by atoms with Gasteiger partial charge >= 0.3 is 0 Å². The molecular formula is C10H10FNOS. The second-order valence-electron chi connectivity index (χ2n) is 2.92. The molecule has 2 unspecified atom stereocenters. The van der Waals surface area contributed by atoms with Crippen LogP contribution in [0.25, 0.3) is 0 Å². The number of nitriles is 1. The standard InChI is InChI=1S/C10H10FNOS/c1-8(6-7-12)14(13)10-4-2-9(11)3-5-10/h2-5,8H,6H2,1H3. The highest BCUT2D eigenvalue weighted by Gasteiger charge is 2.12. The predicted molar refractivity (Wildman–Crippen MR) is 52.5 cm³/mol. The summed E-state index contributed by atoms with van der Waals surface area (Å²) in [6.45, 7) is 1.74. The monoisotopic (exact) mass is 211 g/mol. The molecule has 0 N–H and O–H groups in total. The predicted octanol–water partition coefficient (Wildman–Crippen LogP) is 2.24. The Morgan fingerprint density at radius 1 is 1.50 bits per heavy atom. The number of benzene rings is 1. The molecule has 0 aromatic heterocycles. The van der Waals surface area contributed by atoms with Crippen molar-refractivity contribution in [1.82, 2.24) is 0 Å². The van der Waals surface area contributed by atoms with Crippen molar-refractivity contribution in [3.63, 3.8) is 0 Å². The zero-order chi connectivity index (χ0) is 10.6. The van der Waals surface area contributed by atoms with Gasteiger partial charge in [0.05, 0.1) is 16.9 Å². The highest BCUT2D eigenvalue weighted by Crippen LogP contribution is 2.13. The number of hydrogen-bond donors (Lipinski definition) is 0. The SMILES string of the molecule is CC(CC#N)S(=O)c1ccc(F)cc1. The van der Waals surface area contributed by atoms with Gasteiger partial charge in [-0.3, -0.25) is 4.21 Å². The van der Waals surface area contributed by atoms with E-state index in [0.717, 1.165) is 0 Å². The van der Waals surface area contributed by atoms with Crippen LogP contribution in [-0.2, 0) is 10.8 Å². The van der Waals surface area contributed by atoms with Crippen LogP contribution in [0.1, 0.15) is 13.3 Å². The summed E-state index contributed by atoms with van der Waals surface area (Å²) in [5.41, 5.74) is 0. The lowest BCUT2D eigenvalue weighted by Gasteiger charge is -2.06. The molecule has 0 aliphatic rings. The molecule has 0 bridgehead atoms. The van der Waals surface area contributed by atoms with Gasteiger partial charge in [-0.25, -0.2) is 4.39 Å². The fraction of sp³-hybridized carbons (Fsp3) is 0.300. The quantitative estimate of drug-likeness (QED) is 0.769. The van der Waals surface area contributed by atoms with Crippen LogP contribution in [0.15, 0.2) is 29.2 Å². The topological polar surface area (TPSA) is 40.9 Å². The van der Waals surface area contributed by atoms with Gasteiger partial charge in [0.2, 0.25) is 0 Å². The molecular weight excluding hydrogens is 201 g/mol. The first-order valence-corrected chi connectivity index (χ1v) is 5.39. The second-order valence-corrected chi connectivity index (χ2v) is 4.80. The molecule has 0 saturated heterocycles. The van der Waals surface area contributed by atoms with E-state index in [0.29, 0.717) is 4.90 Å². The average Bonchev–Trinajstić information content (AvgIpc) is 2.18. The zero-order valence-corrected chi connectivity index (χ0v) is 8.55. The number of halogens is 1. The normalized spacial score (nSPS) is 14.4. The van der Waals surface area contributed by atoms with E-state index >= 15 is 0 Å². The summed E-state index contributed by atoms with van der Waals surface area (Å²) in [6.07, 6.45) is 0.240. The highest BCUT2D eigenvalue weighted by atomic mass is 32.2. The molecule has 0 aliphatic carbocycles. The van der Waals surface area contributed by atoms with Gasteiger partial charge in [-0.15, -0.1) is 0 Å². The molecule has 1 rings (SSSR count). The molecule has 14 heavy (non-hydrogen) atoms. The summed E-state index contributed by atoms with van der Waals surface area (Å²) in [5, 5.41) is 8.21. The molecule has 0 radical (unpaired) electrons. The van der Waals surface area contributed by atoms with E-state index in [4.69, 9.17) is 5.26 Å². The maximum atomic E-state index is 12.5. The van der Waals surface area contributed by atoms with Crippen LogP contribution in [0, 0.1) is 17.1 Å². The van der Waals surface area contributed by atoms with Crippen LogP contribution >= 0.6 is 0 Å². The second kappa shape index (κ2) is 4.87. The molecule has 0 fully saturated rings. The van der Waals surface area contributed by atoms with Gasteiger partial charge in [0.1, 0.15) is 5.82 Å². The van der Waals surface area contributed by atoms with Crippen molar-refractivity contribution in [2.45, 2.75) is 23.5 Å². The fourth-order valence-corrected chi connectivity index (χ4v) is 2.10. The number of rotatable bonds is 3. The first kappa shape index (κ1) is 10.9. The van der Waals surface area contributed by atoms with Gasteiger partial charge in [-0.1, -0.05) is 0 Å². The largest absolute Gasteiger partial charge is 0.254 e. The molecule has 1 aromatic carbocycles. The van der Waals surface area contributed by atoms with Crippen molar-refractivity contribution in [2.24, 2.45) is 0 Å². The minimum absolute atomic E-state index is 0.217. The minimum atomic E-state index is -1.23. The fourth-order valence-electron chi connectivity index (χ4n) is 1.01. The summed E-state index contributed by atoms with van der Waals surface area (Å²) >= 11 is 0. The highest BCUT2D eigenvalue weighted by molar-refractivity contribution is 7.85. The number of hydrogen-bond acceptors (Lipinski definition) is 2. The van der Waals surface area contributed by atoms with Crippen LogP contribution in [0.4, 0.5) is 4.39 Å². The summed E-state index contributed by atoms with van der Waals surface area (Å²) in [5.74, 6) is -0.348. The molecule has 0 aliphatic heterocycles. The van der Waals surface area contributed by atoms with Crippen molar-refractivity contribution < 1.29 is 8.60 Å². The number of nitrogens with zero attached hydrogens (tertiary/aromatic N) is 1. The van der Waals surface area contributed by atoms with Crippen LogP contribution in [0.5, 0.6) is 0 Å². The maximum Gasteiger partial charge on any atom is 0.123 e. The molecule has 1 aromatic rings. The van der Waals surface area contributed by atoms with Gasteiger partial charge in [0.25, 0.3) is 0 Å². The first-order chi connectivity index (χ1) is 6.65. The van der Waals surface area contributed by atoms with E-state index < -0.39 is 10.8 Å². The lowest BCUT2D eigenvalue weighted by Crippen LogP contribution is -2.09. The van der Waals surface area contributed by atoms with Gasteiger partial charge < -0.3 is 0 Å². The third-order valence-electron chi connectivity index (χ3n) is 1.79. The first-order valence-electron chi connectivity index (χ1n) is 4.18. The molecule has 74 valence electrons. The molecule has 2 atom stereocenters. The van der Waals surface area contributed by atoms with Crippen molar-refractivity contribution in [2.75, 3.05) is 0 Å². The smallest absolute Gasteiger partial charge is 0.123 e. The molecule has 4 heteroatoms.